The topological polar surface area (TPSA) is 219 Å². The van der Waals surface area contributed by atoms with Gasteiger partial charge in [-0.25, -0.2) is 0 Å². The Labute approximate surface area is 386 Å². The molecule has 6 aromatic rings. The number of primary amides is 2. The lowest BCUT2D eigenvalue weighted by molar-refractivity contribution is 0.0977. The Morgan fingerprint density at radius 3 is 1.73 bits per heavy atom. The first-order valence-corrected chi connectivity index (χ1v) is 25.5. The van der Waals surface area contributed by atoms with Gasteiger partial charge in [-0.15, -0.1) is 0 Å². The normalized spacial score (nSPS) is 13.8. The first-order chi connectivity index (χ1) is 31.0. The molecule has 0 saturated carbocycles. The monoisotopic (exact) mass is 922 g/mol. The molecule has 0 aliphatic rings. The average molecular weight is 923 g/mol. The molecule has 4 heterocycles. The molecule has 4 N–H and O–H groups in total. The summed E-state index contributed by atoms with van der Waals surface area (Å²) in [5.74, 6) is -1.71. The molecule has 0 aliphatic heterocycles. The Morgan fingerprint density at radius 2 is 1.21 bits per heavy atom. The standard InChI is InChI=1S/C47H66N12O6Si/c1-14-56-37(23-28(3)52-56)43(62)50-45-54(10)35-25-32(41(48)60)19-20-34(35)58(45)30(5)17-18-31(6)59-40-36(55(11)46(59)51-44(63)38-24-29(4)53-57(38)15-2)26-33(42(49)61)27-39(40)64-21-16-22-65-66(12,13)47(7,8)9/h19-20,23-27,30-31H,14-18,21-22H2,1-13H3,(H2,48,60)(H2,49,61)/b50-45+,51-46+. The number of imidazole rings is 2. The van der Waals surface area contributed by atoms with Gasteiger partial charge in [-0.2, -0.15) is 20.2 Å². The van der Waals surface area contributed by atoms with Gasteiger partial charge < -0.3 is 38.9 Å². The molecule has 2 atom stereocenters. The summed E-state index contributed by atoms with van der Waals surface area (Å²) >= 11 is 0. The summed E-state index contributed by atoms with van der Waals surface area (Å²) < 4.78 is 23.8. The highest BCUT2D eigenvalue weighted by atomic mass is 28.4. The number of benzene rings is 2. The van der Waals surface area contributed by atoms with Crippen LogP contribution >= 0.6 is 0 Å². The van der Waals surface area contributed by atoms with Crippen LogP contribution in [0.4, 0.5) is 0 Å². The van der Waals surface area contributed by atoms with Gasteiger partial charge in [0.15, 0.2) is 8.32 Å². The zero-order valence-corrected chi connectivity index (χ0v) is 41.7. The molecule has 0 radical (unpaired) electrons. The fourth-order valence-corrected chi connectivity index (χ4v) is 9.18. The molecule has 4 amide bonds. The minimum atomic E-state index is -2.00. The number of amides is 4. The van der Waals surface area contributed by atoms with Crippen LogP contribution in [0.5, 0.6) is 5.75 Å². The molecule has 6 rings (SSSR count). The van der Waals surface area contributed by atoms with E-state index in [0.717, 1.165) is 5.52 Å². The Kier molecular flexibility index (Phi) is 14.3. The number of nitrogens with zero attached hydrogens (tertiary/aromatic N) is 10. The number of carbonyl (C=O) groups is 4. The molecule has 2 unspecified atom stereocenters. The number of nitrogens with two attached hydrogens (primary N) is 2. The number of rotatable bonds is 17. The van der Waals surface area contributed by atoms with Crippen LogP contribution in [0.25, 0.3) is 22.1 Å². The van der Waals surface area contributed by atoms with Gasteiger partial charge in [0.25, 0.3) is 11.8 Å². The minimum absolute atomic E-state index is 0.0523. The number of carbonyl (C=O) groups excluding carboxylic acids is 4. The molecule has 0 spiro atoms. The van der Waals surface area contributed by atoms with Crippen LogP contribution in [0, 0.1) is 13.8 Å². The van der Waals surface area contributed by atoms with Crippen LogP contribution in [0.3, 0.4) is 0 Å². The third-order valence-electron chi connectivity index (χ3n) is 12.8. The highest BCUT2D eigenvalue weighted by molar-refractivity contribution is 6.74. The van der Waals surface area contributed by atoms with Crippen molar-refractivity contribution in [2.75, 3.05) is 13.2 Å². The molecule has 66 heavy (non-hydrogen) atoms. The van der Waals surface area contributed by atoms with Crippen molar-refractivity contribution in [2.24, 2.45) is 35.5 Å². The summed E-state index contributed by atoms with van der Waals surface area (Å²) in [4.78, 5) is 62.6. The predicted octanol–water partition coefficient (Wildman–Crippen LogP) is 6.40. The van der Waals surface area contributed by atoms with E-state index in [2.05, 4.69) is 56.0 Å². The van der Waals surface area contributed by atoms with Crippen molar-refractivity contribution in [1.82, 2.24) is 37.8 Å². The molecule has 0 fully saturated rings. The largest absolute Gasteiger partial charge is 0.491 e. The maximum atomic E-state index is 14.1. The summed E-state index contributed by atoms with van der Waals surface area (Å²) in [5, 5.41) is 9.00. The molecule has 19 heteroatoms. The summed E-state index contributed by atoms with van der Waals surface area (Å²) in [7, 11) is 1.61. The van der Waals surface area contributed by atoms with E-state index in [9.17, 15) is 19.2 Å². The number of hydrogen-bond acceptors (Lipinski definition) is 8. The second-order valence-electron chi connectivity index (χ2n) is 18.6. The third kappa shape index (κ3) is 9.77. The fourth-order valence-electron chi connectivity index (χ4n) is 8.09. The summed E-state index contributed by atoms with van der Waals surface area (Å²) in [5.41, 5.74) is 17.7. The minimum Gasteiger partial charge on any atom is -0.491 e. The van der Waals surface area contributed by atoms with E-state index >= 15 is 0 Å². The van der Waals surface area contributed by atoms with Gasteiger partial charge in [-0.3, -0.25) is 28.5 Å². The summed E-state index contributed by atoms with van der Waals surface area (Å²) in [6, 6.07) is 11.4. The predicted molar refractivity (Wildman–Crippen MR) is 256 cm³/mol. The van der Waals surface area contributed by atoms with Gasteiger partial charge in [-0.1, -0.05) is 20.8 Å². The maximum absolute atomic E-state index is 14.1. The zero-order chi connectivity index (χ0) is 48.6. The Bertz CT molecular complexity index is 2990. The number of aryl methyl sites for hydroxylation is 6. The molecule has 354 valence electrons. The number of hydrogen-bond donors (Lipinski definition) is 2. The molecule has 4 aromatic heterocycles. The number of aromatic nitrogens is 8. The molecule has 2 aromatic carbocycles. The van der Waals surface area contributed by atoms with E-state index < -0.39 is 31.9 Å². The fraction of sp³-hybridized carbons (Fsp3) is 0.489. The van der Waals surface area contributed by atoms with Crippen molar-refractivity contribution in [2.45, 2.75) is 125 Å². The number of fused-ring (bicyclic) bond motifs is 2. The van der Waals surface area contributed by atoms with Crippen LogP contribution in [0.15, 0.2) is 52.4 Å². The molecule has 18 nitrogen and oxygen atoms in total. The zero-order valence-electron chi connectivity index (χ0n) is 40.7. The molecule has 0 aliphatic carbocycles. The van der Waals surface area contributed by atoms with Crippen molar-refractivity contribution >= 4 is 54.0 Å². The second kappa shape index (κ2) is 19.2. The van der Waals surface area contributed by atoms with Crippen molar-refractivity contribution in [1.29, 1.82) is 0 Å². The molecule has 0 saturated heterocycles. The van der Waals surface area contributed by atoms with Gasteiger partial charge in [-0.05, 0) is 115 Å². The number of ether oxygens (including phenoxy) is 1. The van der Waals surface area contributed by atoms with E-state index in [0.29, 0.717) is 107 Å². The quantitative estimate of drug-likeness (QED) is 0.0769. The van der Waals surface area contributed by atoms with Crippen LogP contribution in [-0.2, 0) is 31.6 Å². The van der Waals surface area contributed by atoms with Crippen molar-refractivity contribution in [3.05, 3.63) is 87.6 Å². The highest BCUT2D eigenvalue weighted by Crippen LogP contribution is 2.37. The van der Waals surface area contributed by atoms with Gasteiger partial charge >= 0.3 is 0 Å². The SMILES string of the molecule is CCn1nc(C)cc1C(=O)/N=c1\n(C)c2cc(C(N)=O)ccc2n1C(C)CCC(C)n1/c(=N/C(=O)c2cc(C)nn2CC)n(C)c2cc(C(N)=O)cc(OCCCO[Si](C)(C)C(C)(C)C)c21. The lowest BCUT2D eigenvalue weighted by Gasteiger charge is -2.36. The first kappa shape index (κ1) is 49.1. The summed E-state index contributed by atoms with van der Waals surface area (Å²) in [6.07, 6.45) is 1.71. The van der Waals surface area contributed by atoms with Crippen molar-refractivity contribution < 1.29 is 28.3 Å². The van der Waals surface area contributed by atoms with E-state index in [1.54, 1.807) is 69.0 Å². The van der Waals surface area contributed by atoms with Crippen LogP contribution < -0.4 is 27.4 Å². The Balaban J connectivity index is 1.46. The first-order valence-electron chi connectivity index (χ1n) is 22.6. The van der Waals surface area contributed by atoms with Gasteiger partial charge in [0.2, 0.25) is 23.1 Å². The van der Waals surface area contributed by atoms with E-state index in [1.807, 2.05) is 49.8 Å². The van der Waals surface area contributed by atoms with E-state index in [1.165, 1.54) is 0 Å². The molecule has 0 bridgehead atoms. The van der Waals surface area contributed by atoms with Gasteiger partial charge in [0.1, 0.15) is 22.7 Å². The Morgan fingerprint density at radius 1 is 0.712 bits per heavy atom. The average Bonchev–Trinajstić information content (AvgIpc) is 3.99. The van der Waals surface area contributed by atoms with Gasteiger partial charge in [0.05, 0.1) is 34.5 Å². The van der Waals surface area contributed by atoms with Crippen LogP contribution in [0.2, 0.25) is 18.1 Å². The lowest BCUT2D eigenvalue weighted by atomic mass is 10.1. The van der Waals surface area contributed by atoms with Crippen LogP contribution in [-0.4, -0.2) is 83.0 Å². The highest BCUT2D eigenvalue weighted by Gasteiger charge is 2.37. The molecular formula is C47H66N12O6Si. The Hall–Kier alpha value is -6.34. The second-order valence-corrected chi connectivity index (χ2v) is 23.4. The van der Waals surface area contributed by atoms with Gasteiger partial charge in [0, 0.05) is 63.4 Å². The van der Waals surface area contributed by atoms with Crippen molar-refractivity contribution in [3.8, 4) is 5.75 Å². The summed E-state index contributed by atoms with van der Waals surface area (Å²) in [6.45, 7) is 24.4. The maximum Gasteiger partial charge on any atom is 0.298 e. The van der Waals surface area contributed by atoms with E-state index in [-0.39, 0.29) is 22.7 Å². The lowest BCUT2D eigenvalue weighted by Crippen LogP contribution is -2.41. The smallest absolute Gasteiger partial charge is 0.298 e. The molecular weight excluding hydrogens is 857 g/mol. The third-order valence-corrected chi connectivity index (χ3v) is 17.3. The van der Waals surface area contributed by atoms with Crippen molar-refractivity contribution in [3.63, 3.8) is 0 Å². The van der Waals surface area contributed by atoms with E-state index in [4.69, 9.17) is 25.6 Å². The van der Waals surface area contributed by atoms with Crippen LogP contribution in [0.1, 0.15) is 133 Å².